The first-order valence-corrected chi connectivity index (χ1v) is 6.64. The summed E-state index contributed by atoms with van der Waals surface area (Å²) in [4.78, 5) is 25.1. The lowest BCUT2D eigenvalue weighted by molar-refractivity contribution is -0.118. The van der Waals surface area contributed by atoms with E-state index in [1.165, 1.54) is 4.90 Å². The largest absolute Gasteiger partial charge is 0.444 e. The lowest BCUT2D eigenvalue weighted by Crippen LogP contribution is -2.48. The second-order valence-corrected chi connectivity index (χ2v) is 6.00. The van der Waals surface area contributed by atoms with Gasteiger partial charge in [0.25, 0.3) is 0 Å². The maximum atomic E-state index is 12.1. The van der Waals surface area contributed by atoms with E-state index in [1.54, 1.807) is 0 Å². The highest BCUT2D eigenvalue weighted by Gasteiger charge is 2.41. The van der Waals surface area contributed by atoms with Crippen molar-refractivity contribution in [1.29, 1.82) is 0 Å². The summed E-state index contributed by atoms with van der Waals surface area (Å²) < 4.78 is 5.28. The molecule has 1 aromatic rings. The van der Waals surface area contributed by atoms with E-state index >= 15 is 0 Å². The van der Waals surface area contributed by atoms with Gasteiger partial charge in [-0.25, -0.2) is 4.79 Å². The third kappa shape index (κ3) is 3.29. The minimum atomic E-state index is -0.466. The Kier molecular flexibility index (Phi) is 3.97. The van der Waals surface area contributed by atoms with Crippen LogP contribution in [-0.4, -0.2) is 29.6 Å². The van der Waals surface area contributed by atoms with Crippen molar-refractivity contribution in [3.05, 3.63) is 35.9 Å². The highest BCUT2D eigenvalue weighted by molar-refractivity contribution is 5.86. The molecule has 5 heteroatoms. The standard InChI is InChI=1S/C15H20N2O3/c1-15(2,3)13-16-12(18)9-17(13)14(19)20-10-11-7-5-4-6-8-11/h4-8,13H,9-10H2,1-3H3,(H,16,18)/t13-/m1/s1. The molecule has 0 aromatic heterocycles. The number of carbonyl (C=O) groups is 2. The zero-order valence-electron chi connectivity index (χ0n) is 12.1. The molecule has 0 aliphatic carbocycles. The molecule has 0 bridgehead atoms. The molecule has 2 amide bonds. The summed E-state index contributed by atoms with van der Waals surface area (Å²) in [7, 11) is 0. The molecule has 1 aliphatic rings. The van der Waals surface area contributed by atoms with E-state index in [2.05, 4.69) is 5.32 Å². The Labute approximate surface area is 118 Å². The average molecular weight is 276 g/mol. The van der Waals surface area contributed by atoms with Crippen LogP contribution in [0.5, 0.6) is 0 Å². The van der Waals surface area contributed by atoms with Crippen LogP contribution < -0.4 is 5.32 Å². The first-order chi connectivity index (χ1) is 9.38. The van der Waals surface area contributed by atoms with Crippen LogP contribution in [0.2, 0.25) is 0 Å². The zero-order chi connectivity index (χ0) is 14.8. The Morgan fingerprint density at radius 2 is 2.00 bits per heavy atom. The number of nitrogens with one attached hydrogen (secondary N) is 1. The molecule has 1 atom stereocenters. The summed E-state index contributed by atoms with van der Waals surface area (Å²) in [6.45, 7) is 6.18. The summed E-state index contributed by atoms with van der Waals surface area (Å²) >= 11 is 0. The topological polar surface area (TPSA) is 58.6 Å². The molecule has 2 rings (SSSR count). The number of hydrogen-bond acceptors (Lipinski definition) is 3. The van der Waals surface area contributed by atoms with Crippen molar-refractivity contribution in [2.24, 2.45) is 5.41 Å². The predicted molar refractivity (Wildman–Crippen MR) is 74.7 cm³/mol. The fourth-order valence-corrected chi connectivity index (χ4v) is 2.18. The van der Waals surface area contributed by atoms with E-state index < -0.39 is 6.09 Å². The molecule has 108 valence electrons. The molecule has 0 saturated carbocycles. The normalized spacial score (nSPS) is 18.9. The number of amides is 2. The minimum absolute atomic E-state index is 0.0512. The van der Waals surface area contributed by atoms with Gasteiger partial charge in [-0.1, -0.05) is 51.1 Å². The molecule has 1 saturated heterocycles. The van der Waals surface area contributed by atoms with E-state index in [-0.39, 0.29) is 30.6 Å². The highest BCUT2D eigenvalue weighted by atomic mass is 16.6. The van der Waals surface area contributed by atoms with Crippen LogP contribution in [0.4, 0.5) is 4.79 Å². The minimum Gasteiger partial charge on any atom is -0.444 e. The molecular formula is C15H20N2O3. The van der Waals surface area contributed by atoms with Gasteiger partial charge < -0.3 is 10.1 Å². The van der Waals surface area contributed by atoms with Crippen molar-refractivity contribution < 1.29 is 14.3 Å². The van der Waals surface area contributed by atoms with E-state index in [4.69, 9.17) is 4.74 Å². The van der Waals surface area contributed by atoms with Crippen molar-refractivity contribution in [3.63, 3.8) is 0 Å². The third-order valence-corrected chi connectivity index (χ3v) is 3.18. The van der Waals surface area contributed by atoms with Gasteiger partial charge in [-0.3, -0.25) is 9.69 Å². The van der Waals surface area contributed by atoms with Crippen LogP contribution in [0, 0.1) is 5.41 Å². The number of ether oxygens (including phenoxy) is 1. The van der Waals surface area contributed by atoms with Crippen LogP contribution in [-0.2, 0) is 16.1 Å². The quantitative estimate of drug-likeness (QED) is 0.900. The Morgan fingerprint density at radius 1 is 1.35 bits per heavy atom. The SMILES string of the molecule is CC(C)(C)[C@@H]1NC(=O)CN1C(=O)OCc1ccccc1. The second-order valence-electron chi connectivity index (χ2n) is 6.00. The Bertz CT molecular complexity index is 494. The van der Waals surface area contributed by atoms with Crippen LogP contribution in [0.25, 0.3) is 0 Å². The van der Waals surface area contributed by atoms with Gasteiger partial charge in [-0.15, -0.1) is 0 Å². The lowest BCUT2D eigenvalue weighted by atomic mass is 9.92. The van der Waals surface area contributed by atoms with Crippen LogP contribution in [0.1, 0.15) is 26.3 Å². The first kappa shape index (κ1) is 14.4. The maximum absolute atomic E-state index is 12.1. The summed E-state index contributed by atoms with van der Waals surface area (Å²) in [5.74, 6) is -0.151. The predicted octanol–water partition coefficient (Wildman–Crippen LogP) is 2.13. The van der Waals surface area contributed by atoms with Crippen molar-refractivity contribution in [3.8, 4) is 0 Å². The van der Waals surface area contributed by atoms with Gasteiger partial charge in [0.15, 0.2) is 0 Å². The van der Waals surface area contributed by atoms with Gasteiger partial charge in [0.1, 0.15) is 19.3 Å². The molecule has 0 unspecified atom stereocenters. The van der Waals surface area contributed by atoms with Crippen molar-refractivity contribution in [1.82, 2.24) is 10.2 Å². The van der Waals surface area contributed by atoms with E-state index in [0.717, 1.165) is 5.56 Å². The molecule has 1 aliphatic heterocycles. The molecule has 0 spiro atoms. The van der Waals surface area contributed by atoms with E-state index in [0.29, 0.717) is 0 Å². The summed E-state index contributed by atoms with van der Waals surface area (Å²) in [5.41, 5.74) is 0.685. The molecule has 1 heterocycles. The summed E-state index contributed by atoms with van der Waals surface area (Å²) in [6, 6.07) is 9.47. The molecule has 20 heavy (non-hydrogen) atoms. The smallest absolute Gasteiger partial charge is 0.412 e. The molecular weight excluding hydrogens is 256 g/mol. The summed E-state index contributed by atoms with van der Waals surface area (Å²) in [5, 5.41) is 2.81. The van der Waals surface area contributed by atoms with Crippen LogP contribution >= 0.6 is 0 Å². The van der Waals surface area contributed by atoms with Gasteiger partial charge in [0, 0.05) is 5.41 Å². The fraction of sp³-hybridized carbons (Fsp3) is 0.467. The number of rotatable bonds is 2. The van der Waals surface area contributed by atoms with Crippen LogP contribution in [0.15, 0.2) is 30.3 Å². The average Bonchev–Trinajstić information content (AvgIpc) is 2.79. The van der Waals surface area contributed by atoms with E-state index in [1.807, 2.05) is 51.1 Å². The van der Waals surface area contributed by atoms with Crippen molar-refractivity contribution in [2.45, 2.75) is 33.5 Å². The van der Waals surface area contributed by atoms with Gasteiger partial charge in [0.05, 0.1) is 0 Å². The number of nitrogens with zero attached hydrogens (tertiary/aromatic N) is 1. The van der Waals surface area contributed by atoms with Crippen LogP contribution in [0.3, 0.4) is 0 Å². The van der Waals surface area contributed by atoms with Gasteiger partial charge in [0.2, 0.25) is 5.91 Å². The number of benzene rings is 1. The second kappa shape index (κ2) is 5.53. The maximum Gasteiger partial charge on any atom is 0.412 e. The monoisotopic (exact) mass is 276 g/mol. The van der Waals surface area contributed by atoms with Gasteiger partial charge >= 0.3 is 6.09 Å². The number of carbonyl (C=O) groups excluding carboxylic acids is 2. The Morgan fingerprint density at radius 3 is 2.60 bits per heavy atom. The molecule has 1 fully saturated rings. The fourth-order valence-electron chi connectivity index (χ4n) is 2.18. The first-order valence-electron chi connectivity index (χ1n) is 6.64. The van der Waals surface area contributed by atoms with Crippen molar-refractivity contribution >= 4 is 12.0 Å². The van der Waals surface area contributed by atoms with Gasteiger partial charge in [-0.05, 0) is 5.56 Å². The van der Waals surface area contributed by atoms with E-state index in [9.17, 15) is 9.59 Å². The highest BCUT2D eigenvalue weighted by Crippen LogP contribution is 2.26. The Hall–Kier alpha value is -2.04. The molecule has 1 aromatic carbocycles. The summed E-state index contributed by atoms with van der Waals surface area (Å²) in [6.07, 6.45) is -0.801. The van der Waals surface area contributed by atoms with Crippen molar-refractivity contribution in [2.75, 3.05) is 6.54 Å². The Balaban J connectivity index is 1.99. The zero-order valence-corrected chi connectivity index (χ0v) is 12.1. The van der Waals surface area contributed by atoms with Gasteiger partial charge in [-0.2, -0.15) is 0 Å². The lowest BCUT2D eigenvalue weighted by Gasteiger charge is -2.33. The molecule has 0 radical (unpaired) electrons. The molecule has 1 N–H and O–H groups in total. The molecule has 5 nitrogen and oxygen atoms in total. The third-order valence-electron chi connectivity index (χ3n) is 3.18. The number of hydrogen-bond donors (Lipinski definition) is 1.